The van der Waals surface area contributed by atoms with E-state index < -0.39 is 6.16 Å². The molecule has 0 saturated carbocycles. The predicted octanol–water partition coefficient (Wildman–Crippen LogP) is 1.34. The van der Waals surface area contributed by atoms with Gasteiger partial charge in [-0.2, -0.15) is 0 Å². The molecule has 1 aliphatic rings. The van der Waals surface area contributed by atoms with Crippen LogP contribution in [0.15, 0.2) is 0 Å². The smallest absolute Gasteiger partial charge is 0.430 e. The van der Waals surface area contributed by atoms with E-state index in [4.69, 9.17) is 9.47 Å². The Kier molecular flexibility index (Phi) is 3.34. The van der Waals surface area contributed by atoms with Gasteiger partial charge in [-0.05, 0) is 13.3 Å². The standard InChI is InChI=1S/C8H14O4/c1-3-6(2)10-4-7-5-11-8(9)12-7/h6-7H,3-5H2,1-2H3. The van der Waals surface area contributed by atoms with Crippen LogP contribution in [-0.4, -0.2) is 31.6 Å². The van der Waals surface area contributed by atoms with Gasteiger partial charge in [-0.15, -0.1) is 0 Å². The van der Waals surface area contributed by atoms with Gasteiger partial charge in [0.25, 0.3) is 0 Å². The van der Waals surface area contributed by atoms with Gasteiger partial charge < -0.3 is 14.2 Å². The first kappa shape index (κ1) is 9.32. The number of ether oxygens (including phenoxy) is 3. The molecule has 0 amide bonds. The molecule has 1 saturated heterocycles. The highest BCUT2D eigenvalue weighted by Crippen LogP contribution is 2.07. The van der Waals surface area contributed by atoms with Crippen molar-refractivity contribution in [2.75, 3.05) is 13.2 Å². The third-order valence-electron chi connectivity index (χ3n) is 1.79. The van der Waals surface area contributed by atoms with Crippen LogP contribution in [0, 0.1) is 0 Å². The SMILES string of the molecule is CCC(C)OCC1COC(=O)O1. The van der Waals surface area contributed by atoms with E-state index in [-0.39, 0.29) is 12.2 Å². The highest BCUT2D eigenvalue weighted by Gasteiger charge is 2.25. The normalized spacial score (nSPS) is 24.8. The van der Waals surface area contributed by atoms with Crippen LogP contribution in [0.1, 0.15) is 20.3 Å². The van der Waals surface area contributed by atoms with Crippen LogP contribution in [0.5, 0.6) is 0 Å². The number of carbonyl (C=O) groups excluding carboxylic acids is 1. The molecule has 1 rings (SSSR count). The Morgan fingerprint density at radius 1 is 1.75 bits per heavy atom. The molecular weight excluding hydrogens is 160 g/mol. The van der Waals surface area contributed by atoms with Gasteiger partial charge in [0.05, 0.1) is 12.7 Å². The topological polar surface area (TPSA) is 44.8 Å². The molecule has 0 aliphatic carbocycles. The maximum atomic E-state index is 10.5. The minimum Gasteiger partial charge on any atom is -0.430 e. The van der Waals surface area contributed by atoms with Crippen molar-refractivity contribution in [2.24, 2.45) is 0 Å². The molecule has 0 radical (unpaired) electrons. The van der Waals surface area contributed by atoms with Gasteiger partial charge in [0.2, 0.25) is 0 Å². The molecule has 1 fully saturated rings. The molecule has 1 heterocycles. The zero-order valence-electron chi connectivity index (χ0n) is 7.41. The average Bonchev–Trinajstić information content (AvgIpc) is 2.47. The summed E-state index contributed by atoms with van der Waals surface area (Å²) in [6.45, 7) is 4.77. The first-order valence-electron chi connectivity index (χ1n) is 4.17. The lowest BCUT2D eigenvalue weighted by molar-refractivity contribution is 0.00625. The zero-order chi connectivity index (χ0) is 8.97. The van der Waals surface area contributed by atoms with Crippen LogP contribution in [0.4, 0.5) is 4.79 Å². The summed E-state index contributed by atoms with van der Waals surface area (Å²) in [7, 11) is 0. The Hall–Kier alpha value is -0.770. The first-order chi connectivity index (χ1) is 5.72. The van der Waals surface area contributed by atoms with Gasteiger partial charge in [-0.25, -0.2) is 4.79 Å². The monoisotopic (exact) mass is 174 g/mol. The molecule has 4 heteroatoms. The van der Waals surface area contributed by atoms with E-state index in [0.29, 0.717) is 13.2 Å². The molecule has 0 aromatic carbocycles. The number of cyclic esters (lactones) is 2. The Morgan fingerprint density at radius 3 is 3.00 bits per heavy atom. The first-order valence-corrected chi connectivity index (χ1v) is 4.17. The van der Waals surface area contributed by atoms with Crippen molar-refractivity contribution in [1.29, 1.82) is 0 Å². The summed E-state index contributed by atoms with van der Waals surface area (Å²) >= 11 is 0. The van der Waals surface area contributed by atoms with Gasteiger partial charge in [0.15, 0.2) is 6.10 Å². The average molecular weight is 174 g/mol. The summed E-state index contributed by atoms with van der Waals surface area (Å²) in [4.78, 5) is 10.5. The molecule has 0 spiro atoms. The Morgan fingerprint density at radius 2 is 2.50 bits per heavy atom. The summed E-state index contributed by atoms with van der Waals surface area (Å²) < 4.78 is 14.7. The third-order valence-corrected chi connectivity index (χ3v) is 1.79. The van der Waals surface area contributed by atoms with E-state index in [0.717, 1.165) is 6.42 Å². The Labute approximate surface area is 71.8 Å². The molecule has 0 aromatic heterocycles. The fraction of sp³-hybridized carbons (Fsp3) is 0.875. The minimum atomic E-state index is -0.590. The van der Waals surface area contributed by atoms with E-state index in [9.17, 15) is 4.79 Å². The molecular formula is C8H14O4. The van der Waals surface area contributed by atoms with Crippen molar-refractivity contribution >= 4 is 6.16 Å². The van der Waals surface area contributed by atoms with Crippen LogP contribution >= 0.6 is 0 Å². The molecule has 0 N–H and O–H groups in total. The summed E-state index contributed by atoms with van der Waals surface area (Å²) in [6.07, 6.45) is 0.366. The Balaban J connectivity index is 2.11. The summed E-state index contributed by atoms with van der Waals surface area (Å²) in [6, 6.07) is 0. The highest BCUT2D eigenvalue weighted by molar-refractivity contribution is 5.61. The van der Waals surface area contributed by atoms with E-state index in [1.165, 1.54) is 0 Å². The zero-order valence-corrected chi connectivity index (χ0v) is 7.41. The maximum absolute atomic E-state index is 10.5. The number of hydrogen-bond donors (Lipinski definition) is 0. The summed E-state index contributed by atoms with van der Waals surface area (Å²) in [5, 5.41) is 0. The second-order valence-corrected chi connectivity index (χ2v) is 2.85. The second kappa shape index (κ2) is 4.30. The fourth-order valence-electron chi connectivity index (χ4n) is 0.837. The van der Waals surface area contributed by atoms with Crippen LogP contribution in [0.3, 0.4) is 0 Å². The van der Waals surface area contributed by atoms with E-state index in [1.807, 2.05) is 13.8 Å². The van der Waals surface area contributed by atoms with Gasteiger partial charge in [-0.1, -0.05) is 6.92 Å². The van der Waals surface area contributed by atoms with Crippen molar-refractivity contribution < 1.29 is 19.0 Å². The minimum absolute atomic E-state index is 0.212. The van der Waals surface area contributed by atoms with E-state index in [2.05, 4.69) is 4.74 Å². The third kappa shape index (κ3) is 2.70. The number of carbonyl (C=O) groups is 1. The molecule has 0 bridgehead atoms. The second-order valence-electron chi connectivity index (χ2n) is 2.85. The number of hydrogen-bond acceptors (Lipinski definition) is 4. The fourth-order valence-corrected chi connectivity index (χ4v) is 0.837. The van der Waals surface area contributed by atoms with Crippen LogP contribution in [0.2, 0.25) is 0 Å². The Bertz CT molecular complexity index is 157. The van der Waals surface area contributed by atoms with Crippen LogP contribution < -0.4 is 0 Å². The van der Waals surface area contributed by atoms with E-state index in [1.54, 1.807) is 0 Å². The summed E-state index contributed by atoms with van der Waals surface area (Å²) in [5.74, 6) is 0. The van der Waals surface area contributed by atoms with Crippen LogP contribution in [0.25, 0.3) is 0 Å². The number of rotatable bonds is 4. The maximum Gasteiger partial charge on any atom is 0.508 e. The molecule has 70 valence electrons. The quantitative estimate of drug-likeness (QED) is 0.603. The van der Waals surface area contributed by atoms with Crippen molar-refractivity contribution in [2.45, 2.75) is 32.5 Å². The van der Waals surface area contributed by atoms with E-state index >= 15 is 0 Å². The summed E-state index contributed by atoms with van der Waals surface area (Å²) in [5.41, 5.74) is 0. The molecule has 0 aromatic rings. The predicted molar refractivity (Wildman–Crippen MR) is 41.9 cm³/mol. The van der Waals surface area contributed by atoms with Gasteiger partial charge >= 0.3 is 6.16 Å². The van der Waals surface area contributed by atoms with Gasteiger partial charge in [-0.3, -0.25) is 0 Å². The van der Waals surface area contributed by atoms with Crippen molar-refractivity contribution in [1.82, 2.24) is 0 Å². The van der Waals surface area contributed by atoms with Crippen molar-refractivity contribution in [3.63, 3.8) is 0 Å². The molecule has 1 aliphatic heterocycles. The van der Waals surface area contributed by atoms with Crippen molar-refractivity contribution in [3.05, 3.63) is 0 Å². The van der Waals surface area contributed by atoms with Crippen LogP contribution in [-0.2, 0) is 14.2 Å². The van der Waals surface area contributed by atoms with Gasteiger partial charge in [0, 0.05) is 0 Å². The lowest BCUT2D eigenvalue weighted by Gasteiger charge is -2.12. The lowest BCUT2D eigenvalue weighted by Crippen LogP contribution is -2.21. The molecule has 2 unspecified atom stereocenters. The van der Waals surface area contributed by atoms with Gasteiger partial charge in [0.1, 0.15) is 6.61 Å². The largest absolute Gasteiger partial charge is 0.508 e. The van der Waals surface area contributed by atoms with Crippen molar-refractivity contribution in [3.8, 4) is 0 Å². The molecule has 12 heavy (non-hydrogen) atoms. The lowest BCUT2D eigenvalue weighted by atomic mass is 10.3. The molecule has 2 atom stereocenters. The molecule has 4 nitrogen and oxygen atoms in total. The highest BCUT2D eigenvalue weighted by atomic mass is 16.8.